The van der Waals surface area contributed by atoms with Crippen LogP contribution in [0.5, 0.6) is 0 Å². The zero-order valence-corrected chi connectivity index (χ0v) is 20.0. The van der Waals surface area contributed by atoms with Crippen molar-refractivity contribution in [3.05, 3.63) is 63.6 Å². The first-order valence-corrected chi connectivity index (χ1v) is 13.6. The normalized spacial score (nSPS) is 18.9. The van der Waals surface area contributed by atoms with Gasteiger partial charge < -0.3 is 9.88 Å². The first-order chi connectivity index (χ1) is 15.8. The molecule has 0 aliphatic heterocycles. The number of aromatic nitrogens is 3. The number of aryl methyl sites for hydroxylation is 1. The van der Waals surface area contributed by atoms with Gasteiger partial charge in [0.15, 0.2) is 5.16 Å². The number of fused-ring (bicyclic) bond motifs is 1. The van der Waals surface area contributed by atoms with Crippen LogP contribution in [-0.2, 0) is 17.6 Å². The van der Waals surface area contributed by atoms with Crippen LogP contribution in [0.25, 0.3) is 0 Å². The summed E-state index contributed by atoms with van der Waals surface area (Å²) in [5, 5.41) is 15.4. The number of amides is 1. The zero-order chi connectivity index (χ0) is 21.8. The Hall–Kier alpha value is -2.12. The van der Waals surface area contributed by atoms with Crippen LogP contribution in [0.2, 0.25) is 0 Å². The summed E-state index contributed by atoms with van der Waals surface area (Å²) in [6.45, 7) is 0. The number of rotatable bonds is 7. The van der Waals surface area contributed by atoms with Gasteiger partial charge in [-0.15, -0.1) is 21.5 Å². The van der Waals surface area contributed by atoms with Crippen LogP contribution in [0.15, 0.2) is 46.9 Å². The molecular weight excluding hydrogens is 436 g/mol. The van der Waals surface area contributed by atoms with Crippen LogP contribution in [0.4, 0.5) is 0 Å². The average Bonchev–Trinajstić information content (AvgIpc) is 3.49. The number of nitrogens with zero attached hydrogens (tertiary/aromatic N) is 3. The Morgan fingerprint density at radius 2 is 1.94 bits per heavy atom. The lowest BCUT2D eigenvalue weighted by atomic mass is 9.88. The molecule has 2 heterocycles. The summed E-state index contributed by atoms with van der Waals surface area (Å²) in [4.78, 5) is 14.2. The second kappa shape index (κ2) is 10.2. The third-order valence-corrected chi connectivity index (χ3v) is 8.44. The Kier molecular flexibility index (Phi) is 6.93. The van der Waals surface area contributed by atoms with E-state index in [4.69, 9.17) is 0 Å². The number of thioether (sulfide) groups is 1. The van der Waals surface area contributed by atoms with Crippen molar-refractivity contribution in [2.75, 3.05) is 5.75 Å². The van der Waals surface area contributed by atoms with E-state index in [1.165, 1.54) is 59.9 Å². The van der Waals surface area contributed by atoms with Gasteiger partial charge in [0.05, 0.1) is 11.8 Å². The molecular formula is C25H30N4OS2. The summed E-state index contributed by atoms with van der Waals surface area (Å²) < 4.78 is 2.34. The summed E-state index contributed by atoms with van der Waals surface area (Å²) >= 11 is 3.30. The first-order valence-electron chi connectivity index (χ1n) is 11.7. The molecule has 32 heavy (non-hydrogen) atoms. The minimum Gasteiger partial charge on any atom is -0.349 e. The van der Waals surface area contributed by atoms with E-state index in [-0.39, 0.29) is 11.9 Å². The molecule has 1 saturated carbocycles. The number of hydrogen-bond acceptors (Lipinski definition) is 5. The number of carbonyl (C=O) groups is 1. The largest absolute Gasteiger partial charge is 0.349 e. The van der Waals surface area contributed by atoms with Gasteiger partial charge in [0, 0.05) is 17.3 Å². The molecule has 5 rings (SSSR count). The van der Waals surface area contributed by atoms with E-state index in [1.807, 2.05) is 0 Å². The van der Waals surface area contributed by atoms with Crippen molar-refractivity contribution in [1.82, 2.24) is 20.1 Å². The molecule has 1 atom stereocenters. The van der Waals surface area contributed by atoms with Gasteiger partial charge in [-0.1, -0.05) is 61.4 Å². The van der Waals surface area contributed by atoms with Crippen molar-refractivity contribution >= 4 is 29.0 Å². The van der Waals surface area contributed by atoms with Gasteiger partial charge in [0.1, 0.15) is 5.82 Å². The van der Waals surface area contributed by atoms with Gasteiger partial charge in [0.25, 0.3) is 0 Å². The molecule has 0 bridgehead atoms. The van der Waals surface area contributed by atoms with E-state index in [1.54, 1.807) is 11.3 Å². The Balaban J connectivity index is 1.27. The van der Waals surface area contributed by atoms with Crippen LogP contribution >= 0.6 is 23.1 Å². The van der Waals surface area contributed by atoms with E-state index in [9.17, 15) is 4.79 Å². The van der Waals surface area contributed by atoms with Crippen molar-refractivity contribution in [2.45, 2.75) is 75.0 Å². The lowest BCUT2D eigenvalue weighted by molar-refractivity contribution is -0.119. The number of carbonyl (C=O) groups excluding carboxylic acids is 1. The standard InChI is InChI=1S/C25H30N4OS2/c30-24(26-22-14-6-9-18-8-4-5-13-21(18)22)17-32-25-28-27-23(16-20-12-7-15-31-20)29(25)19-10-2-1-3-11-19/h4-5,7-8,12-13,15,19,22H,1-3,6,9-11,14,16-17H2,(H,26,30). The summed E-state index contributed by atoms with van der Waals surface area (Å²) in [5.41, 5.74) is 2.65. The number of nitrogens with one attached hydrogen (secondary N) is 1. The maximum absolute atomic E-state index is 12.9. The van der Waals surface area contributed by atoms with E-state index < -0.39 is 0 Å². The minimum atomic E-state index is 0.0784. The highest BCUT2D eigenvalue weighted by Crippen LogP contribution is 2.34. The Bertz CT molecular complexity index is 1040. The monoisotopic (exact) mass is 466 g/mol. The fourth-order valence-corrected chi connectivity index (χ4v) is 6.61. The SMILES string of the molecule is O=C(CSc1nnc(Cc2cccs2)n1C1CCCCC1)NC1CCCc2ccccc21. The Labute approximate surface area is 198 Å². The molecule has 2 aliphatic rings. The fourth-order valence-electron chi connectivity index (χ4n) is 5.07. The Morgan fingerprint density at radius 3 is 2.78 bits per heavy atom. The summed E-state index contributed by atoms with van der Waals surface area (Å²) in [6.07, 6.45) is 10.2. The highest BCUT2D eigenvalue weighted by Gasteiger charge is 2.25. The molecule has 1 N–H and O–H groups in total. The van der Waals surface area contributed by atoms with Gasteiger partial charge >= 0.3 is 0 Å². The van der Waals surface area contributed by atoms with Gasteiger partial charge in [0.2, 0.25) is 5.91 Å². The summed E-state index contributed by atoms with van der Waals surface area (Å²) in [5.74, 6) is 1.49. The average molecular weight is 467 g/mol. The Morgan fingerprint density at radius 1 is 1.06 bits per heavy atom. The maximum atomic E-state index is 12.9. The first kappa shape index (κ1) is 21.7. The number of benzene rings is 1. The highest BCUT2D eigenvalue weighted by molar-refractivity contribution is 7.99. The van der Waals surface area contributed by atoms with Crippen LogP contribution in [-0.4, -0.2) is 26.4 Å². The quantitative estimate of drug-likeness (QED) is 0.452. The summed E-state index contributed by atoms with van der Waals surface area (Å²) in [6, 6.07) is 13.3. The lowest BCUT2D eigenvalue weighted by Gasteiger charge is -2.27. The molecule has 1 amide bonds. The predicted octanol–water partition coefficient (Wildman–Crippen LogP) is 5.72. The molecule has 1 aromatic carbocycles. The predicted molar refractivity (Wildman–Crippen MR) is 130 cm³/mol. The van der Waals surface area contributed by atoms with Crippen LogP contribution in [0.1, 0.15) is 78.9 Å². The summed E-state index contributed by atoms with van der Waals surface area (Å²) in [7, 11) is 0. The highest BCUT2D eigenvalue weighted by atomic mass is 32.2. The van der Waals surface area contributed by atoms with Gasteiger partial charge in [-0.2, -0.15) is 0 Å². The second-order valence-electron chi connectivity index (χ2n) is 8.82. The van der Waals surface area contributed by atoms with Gasteiger partial charge in [-0.05, 0) is 54.7 Å². The number of thiophene rings is 1. The zero-order valence-electron chi connectivity index (χ0n) is 18.3. The molecule has 0 spiro atoms. The van der Waals surface area contributed by atoms with Crippen LogP contribution in [0.3, 0.4) is 0 Å². The van der Waals surface area contributed by atoms with E-state index in [0.29, 0.717) is 11.8 Å². The molecule has 168 valence electrons. The van der Waals surface area contributed by atoms with Crippen molar-refractivity contribution in [1.29, 1.82) is 0 Å². The van der Waals surface area contributed by atoms with Gasteiger partial charge in [-0.3, -0.25) is 4.79 Å². The van der Waals surface area contributed by atoms with Gasteiger partial charge in [-0.25, -0.2) is 0 Å². The molecule has 2 aromatic heterocycles. The van der Waals surface area contributed by atoms with Crippen molar-refractivity contribution in [3.63, 3.8) is 0 Å². The second-order valence-corrected chi connectivity index (χ2v) is 10.8. The smallest absolute Gasteiger partial charge is 0.230 e. The molecule has 3 aromatic rings. The van der Waals surface area contributed by atoms with E-state index in [2.05, 4.69) is 61.9 Å². The molecule has 1 unspecified atom stereocenters. The van der Waals surface area contributed by atoms with Crippen molar-refractivity contribution in [2.24, 2.45) is 0 Å². The van der Waals surface area contributed by atoms with E-state index >= 15 is 0 Å². The van der Waals surface area contributed by atoms with E-state index in [0.717, 1.165) is 36.7 Å². The molecule has 0 saturated heterocycles. The maximum Gasteiger partial charge on any atom is 0.230 e. The molecule has 1 fully saturated rings. The minimum absolute atomic E-state index is 0.0784. The molecule has 5 nitrogen and oxygen atoms in total. The number of hydrogen-bond donors (Lipinski definition) is 1. The molecule has 0 radical (unpaired) electrons. The van der Waals surface area contributed by atoms with Crippen molar-refractivity contribution in [3.8, 4) is 0 Å². The fraction of sp³-hybridized carbons (Fsp3) is 0.480. The van der Waals surface area contributed by atoms with Crippen molar-refractivity contribution < 1.29 is 4.79 Å². The third-order valence-electron chi connectivity index (χ3n) is 6.62. The van der Waals surface area contributed by atoms with Crippen LogP contribution < -0.4 is 5.32 Å². The van der Waals surface area contributed by atoms with Crippen LogP contribution in [0, 0.1) is 0 Å². The third kappa shape index (κ3) is 4.94. The lowest BCUT2D eigenvalue weighted by Crippen LogP contribution is -2.32. The molecule has 7 heteroatoms. The molecule has 2 aliphatic carbocycles. The topological polar surface area (TPSA) is 59.8 Å².